The Kier molecular flexibility index (Phi) is 8.37. The fourth-order valence-corrected chi connectivity index (χ4v) is 8.58. The molecule has 1 heterocycles. The lowest BCUT2D eigenvalue weighted by molar-refractivity contribution is 1.07. The van der Waals surface area contributed by atoms with Crippen molar-refractivity contribution in [2.45, 2.75) is 6.92 Å². The minimum absolute atomic E-state index is 0.642. The largest absolute Gasteiger partial charge is 0.208 e. The van der Waals surface area contributed by atoms with E-state index in [4.69, 9.17) is 15.0 Å². The van der Waals surface area contributed by atoms with E-state index in [2.05, 4.69) is 153 Å². The summed E-state index contributed by atoms with van der Waals surface area (Å²) in [4.78, 5) is 14.9. The van der Waals surface area contributed by atoms with Crippen LogP contribution in [0.25, 0.3) is 111 Å². The van der Waals surface area contributed by atoms with Crippen molar-refractivity contribution in [1.29, 1.82) is 0 Å². The molecule has 0 bridgehead atoms. The molecule has 0 aliphatic rings. The summed E-state index contributed by atoms with van der Waals surface area (Å²) in [5.41, 5.74) is 11.3. The van der Waals surface area contributed by atoms with Crippen LogP contribution in [0.1, 0.15) is 5.56 Å². The molecule has 0 spiro atoms. The Labute approximate surface area is 343 Å². The molecule has 0 saturated heterocycles. The second-order valence-corrected chi connectivity index (χ2v) is 15.3. The van der Waals surface area contributed by atoms with Crippen molar-refractivity contribution >= 4 is 43.1 Å². The number of aromatic nitrogens is 3. The maximum absolute atomic E-state index is 4.98. The molecule has 0 fully saturated rings. The van der Waals surface area contributed by atoms with Crippen LogP contribution in [0.5, 0.6) is 0 Å². The molecule has 11 rings (SSSR count). The van der Waals surface area contributed by atoms with Gasteiger partial charge in [0, 0.05) is 16.7 Å². The second kappa shape index (κ2) is 14.3. The topological polar surface area (TPSA) is 38.7 Å². The molecular weight excluding hydrogens is 715 g/mol. The second-order valence-electron chi connectivity index (χ2n) is 15.3. The first-order chi connectivity index (χ1) is 29.1. The summed E-state index contributed by atoms with van der Waals surface area (Å²) in [6, 6.07) is 73.8. The van der Waals surface area contributed by atoms with Crippen molar-refractivity contribution in [3.05, 3.63) is 212 Å². The molecular formula is C56H37N3. The van der Waals surface area contributed by atoms with Crippen LogP contribution in [-0.4, -0.2) is 15.0 Å². The zero-order valence-corrected chi connectivity index (χ0v) is 32.5. The van der Waals surface area contributed by atoms with Crippen LogP contribution >= 0.6 is 0 Å². The van der Waals surface area contributed by atoms with E-state index in [0.717, 1.165) is 27.8 Å². The predicted molar refractivity (Wildman–Crippen MR) is 247 cm³/mol. The van der Waals surface area contributed by atoms with Gasteiger partial charge in [-0.3, -0.25) is 0 Å². The number of benzene rings is 10. The van der Waals surface area contributed by atoms with E-state index in [-0.39, 0.29) is 0 Å². The molecule has 59 heavy (non-hydrogen) atoms. The molecule has 0 aliphatic heterocycles. The van der Waals surface area contributed by atoms with E-state index < -0.39 is 0 Å². The summed E-state index contributed by atoms with van der Waals surface area (Å²) in [5, 5.41) is 9.89. The fraction of sp³-hybridized carbons (Fsp3) is 0.0179. The van der Waals surface area contributed by atoms with E-state index in [0.29, 0.717) is 17.5 Å². The van der Waals surface area contributed by atoms with Crippen molar-refractivity contribution in [3.63, 3.8) is 0 Å². The first kappa shape index (κ1) is 34.5. The molecule has 276 valence electrons. The summed E-state index contributed by atoms with van der Waals surface area (Å²) < 4.78 is 0. The first-order valence-corrected chi connectivity index (χ1v) is 20.1. The minimum atomic E-state index is 0.642. The average Bonchev–Trinajstić information content (AvgIpc) is 3.30. The molecule has 3 nitrogen and oxygen atoms in total. The van der Waals surface area contributed by atoms with Gasteiger partial charge in [-0.25, -0.2) is 15.0 Å². The Morgan fingerprint density at radius 1 is 0.254 bits per heavy atom. The summed E-state index contributed by atoms with van der Waals surface area (Å²) in [6.07, 6.45) is 0. The van der Waals surface area contributed by atoms with Gasteiger partial charge in [-0.2, -0.15) is 0 Å². The lowest BCUT2D eigenvalue weighted by atomic mass is 9.83. The van der Waals surface area contributed by atoms with Crippen LogP contribution in [0.4, 0.5) is 0 Å². The van der Waals surface area contributed by atoms with Crippen LogP contribution in [0, 0.1) is 6.92 Å². The highest BCUT2D eigenvalue weighted by Gasteiger charge is 2.19. The third kappa shape index (κ3) is 6.30. The van der Waals surface area contributed by atoms with Gasteiger partial charge < -0.3 is 0 Å². The number of hydrogen-bond donors (Lipinski definition) is 0. The molecule has 10 aromatic carbocycles. The van der Waals surface area contributed by atoms with Crippen molar-refractivity contribution in [1.82, 2.24) is 15.0 Å². The highest BCUT2D eigenvalue weighted by Crippen LogP contribution is 2.46. The maximum atomic E-state index is 4.98. The molecule has 3 heteroatoms. The van der Waals surface area contributed by atoms with Crippen LogP contribution in [0.3, 0.4) is 0 Å². The highest BCUT2D eigenvalue weighted by atomic mass is 15.0. The number of aryl methyl sites for hydroxylation is 1. The Bertz CT molecular complexity index is 3310. The van der Waals surface area contributed by atoms with Crippen LogP contribution < -0.4 is 0 Å². The lowest BCUT2D eigenvalue weighted by Crippen LogP contribution is -2.00. The lowest BCUT2D eigenvalue weighted by Gasteiger charge is -2.20. The number of rotatable bonds is 6. The van der Waals surface area contributed by atoms with Gasteiger partial charge in [-0.1, -0.05) is 194 Å². The van der Waals surface area contributed by atoms with Gasteiger partial charge in [0.2, 0.25) is 0 Å². The van der Waals surface area contributed by atoms with E-state index in [1.54, 1.807) is 0 Å². The summed E-state index contributed by atoms with van der Waals surface area (Å²) in [5.74, 6) is 1.95. The summed E-state index contributed by atoms with van der Waals surface area (Å²) >= 11 is 0. The van der Waals surface area contributed by atoms with Crippen molar-refractivity contribution < 1.29 is 0 Å². The molecule has 0 amide bonds. The third-order valence-electron chi connectivity index (χ3n) is 11.5. The Morgan fingerprint density at radius 3 is 1.17 bits per heavy atom. The van der Waals surface area contributed by atoms with Crippen molar-refractivity contribution in [3.8, 4) is 67.5 Å². The Morgan fingerprint density at radius 2 is 0.644 bits per heavy atom. The molecule has 11 aromatic rings. The van der Waals surface area contributed by atoms with Gasteiger partial charge in [0.05, 0.1) is 0 Å². The van der Waals surface area contributed by atoms with Crippen molar-refractivity contribution in [2.24, 2.45) is 0 Å². The quantitative estimate of drug-likeness (QED) is 0.159. The number of nitrogens with zero attached hydrogens (tertiary/aromatic N) is 3. The number of hydrogen-bond acceptors (Lipinski definition) is 3. The van der Waals surface area contributed by atoms with Crippen LogP contribution in [0.15, 0.2) is 206 Å². The van der Waals surface area contributed by atoms with Gasteiger partial charge in [0.1, 0.15) is 0 Å². The van der Waals surface area contributed by atoms with Gasteiger partial charge in [0.25, 0.3) is 0 Å². The zero-order valence-electron chi connectivity index (χ0n) is 32.5. The SMILES string of the molecule is Cc1ccc2c(-c3ccc4ccccc4c3)c3cc(-c4ccc(-c5nc(-c6ccccc6)nc(-c6ccccc6)n5)cc4)ccc3c(-c3ccc4ccccc4c3)c2c1. The normalized spacial score (nSPS) is 11.5. The van der Waals surface area contributed by atoms with Crippen LogP contribution in [-0.2, 0) is 0 Å². The standard InChI is InChI=1S/C56H37N3/c1-36-20-30-48-50(32-36)52(46-27-23-37-12-8-10-18-43(37)33-46)49-31-29-45(35-51(49)53(48)47-28-24-38-13-9-11-19-44(38)34-47)39-21-25-42(26-22-39)56-58-54(40-14-4-2-5-15-40)57-55(59-56)41-16-6-3-7-17-41/h2-35H,1H3. The molecule has 0 N–H and O–H groups in total. The molecule has 0 atom stereocenters. The molecule has 0 radical (unpaired) electrons. The molecule has 0 unspecified atom stereocenters. The molecule has 0 saturated carbocycles. The van der Waals surface area contributed by atoms with E-state index >= 15 is 0 Å². The van der Waals surface area contributed by atoms with E-state index in [1.807, 2.05) is 60.7 Å². The van der Waals surface area contributed by atoms with Gasteiger partial charge in [0.15, 0.2) is 17.5 Å². The third-order valence-corrected chi connectivity index (χ3v) is 11.5. The maximum Gasteiger partial charge on any atom is 0.164 e. The van der Waals surface area contributed by atoms with E-state index in [9.17, 15) is 0 Å². The Hall–Kier alpha value is -7.75. The fourth-order valence-electron chi connectivity index (χ4n) is 8.58. The summed E-state index contributed by atoms with van der Waals surface area (Å²) in [6.45, 7) is 2.19. The first-order valence-electron chi connectivity index (χ1n) is 20.1. The predicted octanol–water partition coefficient (Wildman–Crippen LogP) is 14.8. The monoisotopic (exact) mass is 751 g/mol. The van der Waals surface area contributed by atoms with Gasteiger partial charge in [-0.05, 0) is 102 Å². The average molecular weight is 752 g/mol. The van der Waals surface area contributed by atoms with E-state index in [1.165, 1.54) is 70.9 Å². The van der Waals surface area contributed by atoms with Crippen molar-refractivity contribution in [2.75, 3.05) is 0 Å². The number of fused-ring (bicyclic) bond motifs is 4. The summed E-state index contributed by atoms with van der Waals surface area (Å²) in [7, 11) is 0. The van der Waals surface area contributed by atoms with Gasteiger partial charge in [-0.15, -0.1) is 0 Å². The highest BCUT2D eigenvalue weighted by molar-refractivity contribution is 6.22. The van der Waals surface area contributed by atoms with Crippen LogP contribution in [0.2, 0.25) is 0 Å². The van der Waals surface area contributed by atoms with Gasteiger partial charge >= 0.3 is 0 Å². The zero-order chi connectivity index (χ0) is 39.3. The smallest absolute Gasteiger partial charge is 0.164 e. The molecule has 0 aliphatic carbocycles. The molecule has 1 aromatic heterocycles. The Balaban J connectivity index is 1.10. The minimum Gasteiger partial charge on any atom is -0.208 e.